The molecule has 1 atom stereocenters. The topological polar surface area (TPSA) is 12.0 Å². The Labute approximate surface area is 88.0 Å². The highest BCUT2D eigenvalue weighted by molar-refractivity contribution is 4.97. The van der Waals surface area contributed by atoms with E-state index < -0.39 is 0 Å². The Balaban J connectivity index is 1.57. The van der Waals surface area contributed by atoms with Crippen LogP contribution in [0.3, 0.4) is 0 Å². The largest absolute Gasteiger partial charge is 0.311 e. The first-order valence-corrected chi connectivity index (χ1v) is 6.35. The fourth-order valence-electron chi connectivity index (χ4n) is 2.75. The van der Waals surface area contributed by atoms with E-state index in [2.05, 4.69) is 17.5 Å². The highest BCUT2D eigenvalue weighted by atomic mass is 14.9. The van der Waals surface area contributed by atoms with Crippen molar-refractivity contribution in [1.82, 2.24) is 5.32 Å². The molecule has 1 saturated carbocycles. The van der Waals surface area contributed by atoms with E-state index in [1.54, 1.807) is 0 Å². The predicted octanol–water partition coefficient (Wildman–Crippen LogP) is 3.27. The summed E-state index contributed by atoms with van der Waals surface area (Å²) >= 11 is 0. The zero-order chi connectivity index (χ0) is 9.64. The van der Waals surface area contributed by atoms with Gasteiger partial charge in [0.05, 0.1) is 0 Å². The molecule has 14 heavy (non-hydrogen) atoms. The minimum Gasteiger partial charge on any atom is -0.311 e. The van der Waals surface area contributed by atoms with Gasteiger partial charge in [-0.1, -0.05) is 37.8 Å². The molecule has 0 saturated heterocycles. The Kier molecular flexibility index (Phi) is 4.05. The number of hydrogen-bond acceptors (Lipinski definition) is 1. The third-order valence-corrected chi connectivity index (χ3v) is 3.69. The van der Waals surface area contributed by atoms with E-state index in [0.29, 0.717) is 6.04 Å². The van der Waals surface area contributed by atoms with Gasteiger partial charge in [0.2, 0.25) is 0 Å². The fourth-order valence-corrected chi connectivity index (χ4v) is 2.75. The first-order chi connectivity index (χ1) is 6.95. The maximum Gasteiger partial charge on any atom is 0.0250 e. The molecule has 0 amide bonds. The van der Waals surface area contributed by atoms with Gasteiger partial charge in [0.1, 0.15) is 0 Å². The summed E-state index contributed by atoms with van der Waals surface area (Å²) in [5.41, 5.74) is 0. The lowest BCUT2D eigenvalue weighted by Crippen LogP contribution is -2.30. The maximum absolute atomic E-state index is 3.66. The fraction of sp³-hybridized carbons (Fsp3) is 0.846. The number of hydrogen-bond donors (Lipinski definition) is 1. The third-order valence-electron chi connectivity index (χ3n) is 3.69. The number of nitrogens with one attached hydrogen (secondary N) is 1. The zero-order valence-electron chi connectivity index (χ0n) is 9.17. The SMILES string of the molecule is C1=CC(NCCC2CCCC2)CCC1. The Hall–Kier alpha value is -0.300. The lowest BCUT2D eigenvalue weighted by Gasteiger charge is -2.19. The van der Waals surface area contributed by atoms with Crippen LogP contribution in [-0.4, -0.2) is 12.6 Å². The van der Waals surface area contributed by atoms with Gasteiger partial charge in [-0.15, -0.1) is 0 Å². The molecule has 1 unspecified atom stereocenters. The van der Waals surface area contributed by atoms with Crippen molar-refractivity contribution in [3.63, 3.8) is 0 Å². The summed E-state index contributed by atoms with van der Waals surface area (Å²) in [6, 6.07) is 0.685. The Morgan fingerprint density at radius 1 is 1.07 bits per heavy atom. The van der Waals surface area contributed by atoms with Gasteiger partial charge in [-0.2, -0.15) is 0 Å². The van der Waals surface area contributed by atoms with Gasteiger partial charge in [0, 0.05) is 6.04 Å². The van der Waals surface area contributed by atoms with E-state index in [1.165, 1.54) is 57.9 Å². The normalized spacial score (nSPS) is 28.4. The van der Waals surface area contributed by atoms with Crippen LogP contribution >= 0.6 is 0 Å². The van der Waals surface area contributed by atoms with Crippen molar-refractivity contribution in [2.75, 3.05) is 6.54 Å². The zero-order valence-corrected chi connectivity index (χ0v) is 9.17. The van der Waals surface area contributed by atoms with Crippen molar-refractivity contribution in [1.29, 1.82) is 0 Å². The van der Waals surface area contributed by atoms with Crippen molar-refractivity contribution < 1.29 is 0 Å². The molecule has 0 aromatic heterocycles. The first kappa shape index (κ1) is 10.2. The summed E-state index contributed by atoms with van der Waals surface area (Å²) in [5.74, 6) is 1.04. The van der Waals surface area contributed by atoms with Crippen molar-refractivity contribution in [3.05, 3.63) is 12.2 Å². The molecule has 1 fully saturated rings. The molecule has 2 aliphatic rings. The molecule has 0 radical (unpaired) electrons. The molecule has 0 aromatic carbocycles. The molecule has 0 heterocycles. The monoisotopic (exact) mass is 193 g/mol. The van der Waals surface area contributed by atoms with Crippen LogP contribution in [0.15, 0.2) is 12.2 Å². The van der Waals surface area contributed by atoms with Crippen molar-refractivity contribution in [3.8, 4) is 0 Å². The molecular formula is C13H23N. The lowest BCUT2D eigenvalue weighted by atomic mass is 10.0. The summed E-state index contributed by atoms with van der Waals surface area (Å²) in [4.78, 5) is 0. The summed E-state index contributed by atoms with van der Waals surface area (Å²) in [5, 5.41) is 3.66. The molecular weight excluding hydrogens is 170 g/mol. The molecule has 0 aromatic rings. The lowest BCUT2D eigenvalue weighted by molar-refractivity contribution is 0.445. The Bertz CT molecular complexity index is 180. The standard InChI is InChI=1S/C13H23N/c1-2-8-13(9-3-1)14-11-10-12-6-4-5-7-12/h2,8,12-14H,1,3-7,9-11H2. The smallest absolute Gasteiger partial charge is 0.0250 e. The molecule has 2 rings (SSSR count). The van der Waals surface area contributed by atoms with E-state index in [-0.39, 0.29) is 0 Å². The van der Waals surface area contributed by atoms with Gasteiger partial charge < -0.3 is 5.32 Å². The van der Waals surface area contributed by atoms with Crippen LogP contribution in [0.1, 0.15) is 51.4 Å². The molecule has 2 aliphatic carbocycles. The molecule has 0 aliphatic heterocycles. The van der Waals surface area contributed by atoms with Gasteiger partial charge in [0.25, 0.3) is 0 Å². The Morgan fingerprint density at radius 3 is 2.64 bits per heavy atom. The van der Waals surface area contributed by atoms with Crippen molar-refractivity contribution in [2.45, 2.75) is 57.4 Å². The third kappa shape index (κ3) is 3.13. The summed E-state index contributed by atoms with van der Waals surface area (Å²) in [6.07, 6.45) is 16.0. The van der Waals surface area contributed by atoms with Gasteiger partial charge in [-0.3, -0.25) is 0 Å². The Morgan fingerprint density at radius 2 is 1.93 bits per heavy atom. The van der Waals surface area contributed by atoms with Crippen LogP contribution in [0, 0.1) is 5.92 Å². The van der Waals surface area contributed by atoms with Crippen LogP contribution in [0.2, 0.25) is 0 Å². The second kappa shape index (κ2) is 5.55. The van der Waals surface area contributed by atoms with Crippen LogP contribution in [0.4, 0.5) is 0 Å². The highest BCUT2D eigenvalue weighted by Gasteiger charge is 2.15. The second-order valence-electron chi connectivity index (χ2n) is 4.86. The van der Waals surface area contributed by atoms with Gasteiger partial charge >= 0.3 is 0 Å². The summed E-state index contributed by atoms with van der Waals surface area (Å²) in [6.45, 7) is 1.24. The van der Waals surface area contributed by atoms with E-state index in [0.717, 1.165) is 5.92 Å². The van der Waals surface area contributed by atoms with E-state index in [1.807, 2.05) is 0 Å². The van der Waals surface area contributed by atoms with Crippen LogP contribution in [-0.2, 0) is 0 Å². The van der Waals surface area contributed by atoms with Crippen LogP contribution in [0.5, 0.6) is 0 Å². The van der Waals surface area contributed by atoms with E-state index >= 15 is 0 Å². The number of allylic oxidation sites excluding steroid dienone is 1. The van der Waals surface area contributed by atoms with Gasteiger partial charge in [0.15, 0.2) is 0 Å². The van der Waals surface area contributed by atoms with Gasteiger partial charge in [-0.05, 0) is 38.1 Å². The van der Waals surface area contributed by atoms with Gasteiger partial charge in [-0.25, -0.2) is 0 Å². The minimum absolute atomic E-state index is 0.685. The second-order valence-corrected chi connectivity index (χ2v) is 4.86. The van der Waals surface area contributed by atoms with Crippen molar-refractivity contribution >= 4 is 0 Å². The predicted molar refractivity (Wildman–Crippen MR) is 61.4 cm³/mol. The van der Waals surface area contributed by atoms with E-state index in [4.69, 9.17) is 0 Å². The van der Waals surface area contributed by atoms with Crippen molar-refractivity contribution in [2.24, 2.45) is 5.92 Å². The average molecular weight is 193 g/mol. The summed E-state index contributed by atoms with van der Waals surface area (Å²) < 4.78 is 0. The number of rotatable bonds is 4. The molecule has 1 nitrogen and oxygen atoms in total. The average Bonchev–Trinajstić information content (AvgIpc) is 2.72. The van der Waals surface area contributed by atoms with Crippen LogP contribution < -0.4 is 5.32 Å². The summed E-state index contributed by atoms with van der Waals surface area (Å²) in [7, 11) is 0. The quantitative estimate of drug-likeness (QED) is 0.676. The molecule has 0 spiro atoms. The molecule has 1 heteroatoms. The van der Waals surface area contributed by atoms with E-state index in [9.17, 15) is 0 Å². The maximum atomic E-state index is 3.66. The van der Waals surface area contributed by atoms with Crippen LogP contribution in [0.25, 0.3) is 0 Å². The highest BCUT2D eigenvalue weighted by Crippen LogP contribution is 2.27. The molecule has 1 N–H and O–H groups in total. The molecule has 0 bridgehead atoms. The minimum atomic E-state index is 0.685. The first-order valence-electron chi connectivity index (χ1n) is 6.35. The molecule has 80 valence electrons.